The minimum atomic E-state index is 0.434. The molecule has 0 aromatic carbocycles. The number of halogens is 3. The van der Waals surface area contributed by atoms with Crippen molar-refractivity contribution in [1.82, 2.24) is 0 Å². The fourth-order valence-electron chi connectivity index (χ4n) is 2.34. The molecule has 0 radical (unpaired) electrons. The first-order chi connectivity index (χ1) is 7.03. The summed E-state index contributed by atoms with van der Waals surface area (Å²) in [5, 5.41) is 0. The molecule has 0 N–H and O–H groups in total. The van der Waals surface area contributed by atoms with Crippen LogP contribution in [0.4, 0.5) is 0 Å². The number of hydrogen-bond acceptors (Lipinski definition) is 1. The largest absolute Gasteiger partial charge is 0.121 e. The molecule has 1 atom stereocenters. The van der Waals surface area contributed by atoms with Crippen molar-refractivity contribution < 1.29 is 0 Å². The highest BCUT2D eigenvalue weighted by atomic mass is 79.9. The van der Waals surface area contributed by atoms with E-state index in [0.29, 0.717) is 10.2 Å². The van der Waals surface area contributed by atoms with E-state index in [0.717, 1.165) is 0 Å². The smallest absolute Gasteiger partial charge is 0.0754 e. The van der Waals surface area contributed by atoms with Gasteiger partial charge in [0, 0.05) is 4.83 Å². The molecule has 0 bridgehead atoms. The zero-order valence-corrected chi connectivity index (χ0v) is 14.1. The first-order valence-corrected chi connectivity index (χ1v) is 8.43. The summed E-state index contributed by atoms with van der Waals surface area (Å²) in [4.78, 5) is 0.476. The van der Waals surface area contributed by atoms with E-state index >= 15 is 0 Å². The van der Waals surface area contributed by atoms with Crippen LogP contribution in [0.15, 0.2) is 13.6 Å². The molecule has 1 aromatic heterocycles. The Labute approximate surface area is 120 Å². The van der Waals surface area contributed by atoms with Gasteiger partial charge in [0.1, 0.15) is 0 Å². The Balaban J connectivity index is 2.27. The van der Waals surface area contributed by atoms with E-state index < -0.39 is 0 Å². The molecule has 1 unspecified atom stereocenters. The Kier molecular flexibility index (Phi) is 4.02. The molecule has 0 amide bonds. The van der Waals surface area contributed by atoms with Gasteiger partial charge in [0.15, 0.2) is 0 Å². The molecule has 1 aromatic rings. The van der Waals surface area contributed by atoms with Crippen molar-refractivity contribution in [2.75, 3.05) is 0 Å². The summed E-state index contributed by atoms with van der Waals surface area (Å²) in [5.41, 5.74) is 1.83. The summed E-state index contributed by atoms with van der Waals surface area (Å²) in [6.07, 6.45) is 5.43. The van der Waals surface area contributed by atoms with E-state index in [2.05, 4.69) is 60.8 Å². The highest BCUT2D eigenvalue weighted by Crippen LogP contribution is 2.54. The van der Waals surface area contributed by atoms with Crippen LogP contribution in [-0.2, 0) is 0 Å². The second kappa shape index (κ2) is 4.79. The first-order valence-electron chi connectivity index (χ1n) is 5.12. The standard InChI is InChI=1S/C11H13Br3S/c1-11(4-2-3-5-11)9(13)7-6-8(12)15-10(7)14/h6,9H,2-5H2,1H3. The van der Waals surface area contributed by atoms with Gasteiger partial charge in [-0.3, -0.25) is 0 Å². The third-order valence-electron chi connectivity index (χ3n) is 3.31. The highest BCUT2D eigenvalue weighted by Gasteiger charge is 2.37. The molecule has 4 heteroatoms. The van der Waals surface area contributed by atoms with Crippen molar-refractivity contribution in [2.45, 2.75) is 37.4 Å². The molecule has 1 aliphatic rings. The molecule has 1 aliphatic carbocycles. The maximum Gasteiger partial charge on any atom is 0.0754 e. The van der Waals surface area contributed by atoms with Crippen molar-refractivity contribution in [3.8, 4) is 0 Å². The van der Waals surface area contributed by atoms with Crippen LogP contribution in [0.5, 0.6) is 0 Å². The summed E-state index contributed by atoms with van der Waals surface area (Å²) >= 11 is 12.8. The number of rotatable bonds is 2. The van der Waals surface area contributed by atoms with Crippen molar-refractivity contribution in [1.29, 1.82) is 0 Å². The Morgan fingerprint density at radius 1 is 1.33 bits per heavy atom. The monoisotopic (exact) mass is 414 g/mol. The lowest BCUT2D eigenvalue weighted by Gasteiger charge is -2.29. The van der Waals surface area contributed by atoms with E-state index in [1.54, 1.807) is 11.3 Å². The topological polar surface area (TPSA) is 0 Å². The van der Waals surface area contributed by atoms with Gasteiger partial charge < -0.3 is 0 Å². The minimum Gasteiger partial charge on any atom is -0.121 e. The second-order valence-corrected chi connectivity index (χ2v) is 9.17. The predicted molar refractivity (Wildman–Crippen MR) is 78.0 cm³/mol. The first kappa shape index (κ1) is 12.6. The van der Waals surface area contributed by atoms with Crippen LogP contribution in [0, 0.1) is 5.41 Å². The SMILES string of the molecule is CC1(C(Br)c2cc(Br)sc2Br)CCCC1. The number of thiophene rings is 1. The third kappa shape index (κ3) is 2.53. The molecule has 15 heavy (non-hydrogen) atoms. The molecule has 1 saturated carbocycles. The summed E-state index contributed by atoms with van der Waals surface area (Å²) in [6, 6.07) is 2.23. The molecular weight excluding hydrogens is 404 g/mol. The van der Waals surface area contributed by atoms with Gasteiger partial charge in [-0.2, -0.15) is 0 Å². The van der Waals surface area contributed by atoms with Crippen molar-refractivity contribution in [3.05, 3.63) is 19.2 Å². The maximum atomic E-state index is 3.89. The Morgan fingerprint density at radius 3 is 2.40 bits per heavy atom. The van der Waals surface area contributed by atoms with Crippen molar-refractivity contribution >= 4 is 59.1 Å². The fraction of sp³-hybridized carbons (Fsp3) is 0.636. The van der Waals surface area contributed by atoms with Crippen LogP contribution < -0.4 is 0 Å². The number of alkyl halides is 1. The number of hydrogen-bond donors (Lipinski definition) is 0. The normalized spacial score (nSPS) is 21.9. The van der Waals surface area contributed by atoms with Crippen LogP contribution in [0.2, 0.25) is 0 Å². The van der Waals surface area contributed by atoms with Crippen LogP contribution >= 0.6 is 59.1 Å². The van der Waals surface area contributed by atoms with Gasteiger partial charge in [0.2, 0.25) is 0 Å². The lowest BCUT2D eigenvalue weighted by atomic mass is 9.83. The summed E-state index contributed by atoms with van der Waals surface area (Å²) in [5.74, 6) is 0. The van der Waals surface area contributed by atoms with Gasteiger partial charge >= 0.3 is 0 Å². The van der Waals surface area contributed by atoms with Gasteiger partial charge in [-0.05, 0) is 61.7 Å². The molecule has 84 valence electrons. The third-order valence-corrected chi connectivity index (χ3v) is 7.30. The van der Waals surface area contributed by atoms with Gasteiger partial charge in [0.25, 0.3) is 0 Å². The molecule has 1 fully saturated rings. The van der Waals surface area contributed by atoms with Crippen molar-refractivity contribution in [3.63, 3.8) is 0 Å². The van der Waals surface area contributed by atoms with Crippen LogP contribution in [0.1, 0.15) is 43.0 Å². The maximum absolute atomic E-state index is 3.89. The summed E-state index contributed by atoms with van der Waals surface area (Å²) < 4.78 is 2.46. The van der Waals surface area contributed by atoms with E-state index in [1.807, 2.05) is 0 Å². The molecule has 1 heterocycles. The molecule has 0 aliphatic heterocycles. The van der Waals surface area contributed by atoms with E-state index in [-0.39, 0.29) is 0 Å². The molecular formula is C11H13Br3S. The molecule has 2 rings (SSSR count). The quantitative estimate of drug-likeness (QED) is 0.497. The summed E-state index contributed by atoms with van der Waals surface area (Å²) in [6.45, 7) is 2.40. The van der Waals surface area contributed by atoms with Gasteiger partial charge in [0.05, 0.1) is 7.57 Å². The van der Waals surface area contributed by atoms with Gasteiger partial charge in [-0.15, -0.1) is 11.3 Å². The average Bonchev–Trinajstić information content (AvgIpc) is 2.73. The zero-order chi connectivity index (χ0) is 11.1. The van der Waals surface area contributed by atoms with Gasteiger partial charge in [-0.25, -0.2) is 0 Å². The highest BCUT2D eigenvalue weighted by molar-refractivity contribution is 9.12. The zero-order valence-electron chi connectivity index (χ0n) is 8.53. The second-order valence-electron chi connectivity index (χ2n) is 4.50. The van der Waals surface area contributed by atoms with E-state index in [1.165, 1.54) is 38.8 Å². The Hall–Kier alpha value is 1.14. The average molecular weight is 417 g/mol. The molecule has 0 spiro atoms. The lowest BCUT2D eigenvalue weighted by Crippen LogP contribution is -2.17. The molecule has 0 nitrogen and oxygen atoms in total. The van der Waals surface area contributed by atoms with Gasteiger partial charge in [-0.1, -0.05) is 35.7 Å². The van der Waals surface area contributed by atoms with Crippen LogP contribution in [-0.4, -0.2) is 0 Å². The minimum absolute atomic E-state index is 0.434. The van der Waals surface area contributed by atoms with Crippen LogP contribution in [0.25, 0.3) is 0 Å². The summed E-state index contributed by atoms with van der Waals surface area (Å²) in [7, 11) is 0. The van der Waals surface area contributed by atoms with Crippen LogP contribution in [0.3, 0.4) is 0 Å². The van der Waals surface area contributed by atoms with E-state index in [4.69, 9.17) is 0 Å². The Bertz CT molecular complexity index is 353. The molecule has 0 saturated heterocycles. The Morgan fingerprint density at radius 2 is 1.93 bits per heavy atom. The van der Waals surface area contributed by atoms with E-state index in [9.17, 15) is 0 Å². The fourth-order valence-corrected chi connectivity index (χ4v) is 6.52. The lowest BCUT2D eigenvalue weighted by molar-refractivity contribution is 0.331. The predicted octanol–water partition coefficient (Wildman–Crippen LogP) is 6.29. The van der Waals surface area contributed by atoms with Crippen molar-refractivity contribution in [2.24, 2.45) is 5.41 Å².